The molecule has 1 aliphatic heterocycles. The van der Waals surface area contributed by atoms with E-state index in [0.29, 0.717) is 48.8 Å². The number of hydrogen-bond donors (Lipinski definition) is 0. The number of thioether (sulfide) groups is 1. The third kappa shape index (κ3) is 3.68. The van der Waals surface area contributed by atoms with E-state index in [1.54, 1.807) is 6.07 Å². The van der Waals surface area contributed by atoms with Crippen LogP contribution in [0.2, 0.25) is 0 Å². The lowest BCUT2D eigenvalue weighted by atomic mass is 10.3. The fourth-order valence-electron chi connectivity index (χ4n) is 2.40. The van der Waals surface area contributed by atoms with Crippen molar-refractivity contribution >= 4 is 17.7 Å². The highest BCUT2D eigenvalue weighted by Crippen LogP contribution is 2.28. The number of rotatable bonds is 5. The molecule has 0 bridgehead atoms. The fraction of sp³-hybridized carbons (Fsp3) is 0.438. The van der Waals surface area contributed by atoms with Gasteiger partial charge in [0.2, 0.25) is 5.95 Å². The van der Waals surface area contributed by atoms with Gasteiger partial charge >= 0.3 is 0 Å². The predicted octanol–water partition coefficient (Wildman–Crippen LogP) is 2.49. The highest BCUT2D eigenvalue weighted by molar-refractivity contribution is 7.99. The number of ether oxygens (including phenoxy) is 1. The average molecular weight is 347 g/mol. The van der Waals surface area contributed by atoms with E-state index in [2.05, 4.69) is 21.2 Å². The van der Waals surface area contributed by atoms with E-state index in [9.17, 15) is 4.39 Å². The third-order valence-electron chi connectivity index (χ3n) is 3.66. The monoisotopic (exact) mass is 347 g/mol. The van der Waals surface area contributed by atoms with Gasteiger partial charge in [-0.1, -0.05) is 17.8 Å². The number of halogens is 1. The van der Waals surface area contributed by atoms with E-state index in [1.807, 2.05) is 17.6 Å². The number of morpholine rings is 1. The van der Waals surface area contributed by atoms with Crippen LogP contribution in [0, 0.1) is 23.1 Å². The molecule has 0 amide bonds. The summed E-state index contributed by atoms with van der Waals surface area (Å²) in [5.74, 6) is 0.874. The smallest absolute Gasteiger partial charge is 0.232 e. The number of nitriles is 1. The second-order valence-corrected chi connectivity index (χ2v) is 6.53. The lowest BCUT2D eigenvalue weighted by Crippen LogP contribution is -2.37. The van der Waals surface area contributed by atoms with Crippen LogP contribution in [0.15, 0.2) is 29.4 Å². The third-order valence-corrected chi connectivity index (χ3v) is 4.85. The molecule has 0 N–H and O–H groups in total. The van der Waals surface area contributed by atoms with Gasteiger partial charge in [0.25, 0.3) is 0 Å². The minimum Gasteiger partial charge on any atom is -0.378 e. The second kappa shape index (κ2) is 7.64. The SMILES string of the molecule is C[C@H](C#N)CSc1nnc(N2CCOCC2)n1-c1cccc(F)c1. The van der Waals surface area contributed by atoms with Crippen molar-refractivity contribution in [2.45, 2.75) is 12.1 Å². The molecule has 6 nitrogen and oxygen atoms in total. The van der Waals surface area contributed by atoms with E-state index in [-0.39, 0.29) is 11.7 Å². The lowest BCUT2D eigenvalue weighted by molar-refractivity contribution is 0.122. The van der Waals surface area contributed by atoms with Gasteiger partial charge in [-0.15, -0.1) is 10.2 Å². The summed E-state index contributed by atoms with van der Waals surface area (Å²) < 4.78 is 20.9. The van der Waals surface area contributed by atoms with Crippen molar-refractivity contribution in [1.29, 1.82) is 5.26 Å². The molecule has 0 aliphatic carbocycles. The summed E-state index contributed by atoms with van der Waals surface area (Å²) in [5, 5.41) is 18.2. The minimum atomic E-state index is -0.310. The van der Waals surface area contributed by atoms with Gasteiger partial charge in [-0.25, -0.2) is 4.39 Å². The van der Waals surface area contributed by atoms with E-state index in [0.717, 1.165) is 0 Å². The molecule has 0 radical (unpaired) electrons. The molecule has 3 rings (SSSR count). The molecule has 2 aromatic rings. The van der Waals surface area contributed by atoms with Crippen molar-refractivity contribution in [3.05, 3.63) is 30.1 Å². The molecule has 24 heavy (non-hydrogen) atoms. The molecule has 0 saturated carbocycles. The summed E-state index contributed by atoms with van der Waals surface area (Å²) in [5.41, 5.74) is 0.675. The molecule has 8 heteroatoms. The standard InChI is InChI=1S/C16H18FN5OS/c1-12(10-18)11-24-16-20-19-15(21-5-7-23-8-6-21)22(16)14-4-2-3-13(17)9-14/h2-4,9,12H,5-8,11H2,1H3/t12-/m1/s1. The topological polar surface area (TPSA) is 67.0 Å². The molecule has 2 heterocycles. The maximum atomic E-state index is 13.7. The summed E-state index contributed by atoms with van der Waals surface area (Å²) in [4.78, 5) is 2.08. The first kappa shape index (κ1) is 16.7. The number of anilines is 1. The normalized spacial score (nSPS) is 16.0. The molecule has 126 valence electrons. The zero-order valence-electron chi connectivity index (χ0n) is 13.4. The number of aromatic nitrogens is 3. The Morgan fingerprint density at radius 2 is 2.17 bits per heavy atom. The highest BCUT2D eigenvalue weighted by atomic mass is 32.2. The Kier molecular flexibility index (Phi) is 5.33. The maximum Gasteiger partial charge on any atom is 0.232 e. The van der Waals surface area contributed by atoms with E-state index < -0.39 is 0 Å². The zero-order valence-corrected chi connectivity index (χ0v) is 14.2. The molecule has 1 saturated heterocycles. The maximum absolute atomic E-state index is 13.7. The van der Waals surface area contributed by atoms with E-state index >= 15 is 0 Å². The first-order valence-electron chi connectivity index (χ1n) is 7.75. The van der Waals surface area contributed by atoms with Crippen molar-refractivity contribution in [3.8, 4) is 11.8 Å². The molecule has 0 unspecified atom stereocenters. The van der Waals surface area contributed by atoms with Gasteiger partial charge in [0.05, 0.1) is 30.9 Å². The van der Waals surface area contributed by atoms with Gasteiger partial charge in [-0.2, -0.15) is 5.26 Å². The summed E-state index contributed by atoms with van der Waals surface area (Å²) >= 11 is 1.45. The van der Waals surface area contributed by atoms with E-state index in [1.165, 1.54) is 23.9 Å². The lowest BCUT2D eigenvalue weighted by Gasteiger charge is -2.27. The Morgan fingerprint density at radius 1 is 1.38 bits per heavy atom. The second-order valence-electron chi connectivity index (χ2n) is 5.54. The largest absolute Gasteiger partial charge is 0.378 e. The van der Waals surface area contributed by atoms with Crippen LogP contribution in [0.1, 0.15) is 6.92 Å². The quantitative estimate of drug-likeness (QED) is 0.774. The summed E-state index contributed by atoms with van der Waals surface area (Å²) in [6, 6.07) is 8.58. The number of benzene rings is 1. The molecule has 1 fully saturated rings. The van der Waals surface area contributed by atoms with Gasteiger partial charge in [0.1, 0.15) is 5.82 Å². The van der Waals surface area contributed by atoms with Crippen molar-refractivity contribution in [1.82, 2.24) is 14.8 Å². The molecule has 1 aliphatic rings. The molecule has 1 aromatic heterocycles. The molecule has 1 atom stereocenters. The summed E-state index contributed by atoms with van der Waals surface area (Å²) in [7, 11) is 0. The van der Waals surface area contributed by atoms with Crippen LogP contribution in [0.4, 0.5) is 10.3 Å². The van der Waals surface area contributed by atoms with Gasteiger partial charge in [0.15, 0.2) is 5.16 Å². The molecule has 0 spiro atoms. The summed E-state index contributed by atoms with van der Waals surface area (Å²) in [6.07, 6.45) is 0. The fourth-order valence-corrected chi connectivity index (χ4v) is 3.29. The summed E-state index contributed by atoms with van der Waals surface area (Å²) in [6.45, 7) is 4.55. The van der Waals surface area contributed by atoms with Crippen molar-refractivity contribution in [2.75, 3.05) is 37.0 Å². The van der Waals surface area contributed by atoms with Crippen LogP contribution in [-0.4, -0.2) is 46.8 Å². The Morgan fingerprint density at radius 3 is 2.88 bits per heavy atom. The van der Waals surface area contributed by atoms with Gasteiger partial charge in [-0.05, 0) is 25.1 Å². The Balaban J connectivity index is 1.97. The highest BCUT2D eigenvalue weighted by Gasteiger charge is 2.22. The van der Waals surface area contributed by atoms with Crippen LogP contribution in [0.3, 0.4) is 0 Å². The van der Waals surface area contributed by atoms with Crippen LogP contribution in [0.5, 0.6) is 0 Å². The Bertz CT molecular complexity index is 738. The molecule has 1 aromatic carbocycles. The molecular formula is C16H18FN5OS. The van der Waals surface area contributed by atoms with Crippen LogP contribution in [0.25, 0.3) is 5.69 Å². The van der Waals surface area contributed by atoms with Gasteiger partial charge in [-0.3, -0.25) is 4.57 Å². The van der Waals surface area contributed by atoms with Crippen LogP contribution < -0.4 is 4.90 Å². The van der Waals surface area contributed by atoms with Crippen LogP contribution >= 0.6 is 11.8 Å². The van der Waals surface area contributed by atoms with Crippen molar-refractivity contribution < 1.29 is 9.13 Å². The Hall–Kier alpha value is -2.11. The zero-order chi connectivity index (χ0) is 16.9. The first-order chi connectivity index (χ1) is 11.7. The van der Waals surface area contributed by atoms with Crippen molar-refractivity contribution in [3.63, 3.8) is 0 Å². The minimum absolute atomic E-state index is 0.0977. The molecular weight excluding hydrogens is 329 g/mol. The number of nitrogens with zero attached hydrogens (tertiary/aromatic N) is 5. The van der Waals surface area contributed by atoms with Gasteiger partial charge in [0, 0.05) is 18.8 Å². The Labute approximate surface area is 144 Å². The van der Waals surface area contributed by atoms with Crippen molar-refractivity contribution in [2.24, 2.45) is 5.92 Å². The average Bonchev–Trinajstić information content (AvgIpc) is 3.04. The first-order valence-corrected chi connectivity index (χ1v) is 8.74. The predicted molar refractivity (Wildman–Crippen MR) is 89.9 cm³/mol. The van der Waals surface area contributed by atoms with Crippen LogP contribution in [-0.2, 0) is 4.74 Å². The van der Waals surface area contributed by atoms with E-state index in [4.69, 9.17) is 10.00 Å². The van der Waals surface area contributed by atoms with Gasteiger partial charge < -0.3 is 9.64 Å². The number of hydrogen-bond acceptors (Lipinski definition) is 6.